The Balaban J connectivity index is 1.82. The number of nitrogens with zero attached hydrogens (tertiary/aromatic N) is 3. The van der Waals surface area contributed by atoms with Gasteiger partial charge in [-0.3, -0.25) is 0 Å². The van der Waals surface area contributed by atoms with Crippen LogP contribution in [0.4, 0.5) is 0 Å². The minimum atomic E-state index is 0.616. The zero-order valence-corrected chi connectivity index (χ0v) is 15.0. The molecule has 2 heterocycles. The summed E-state index contributed by atoms with van der Waals surface area (Å²) >= 11 is 3.48. The van der Waals surface area contributed by atoms with E-state index in [1.807, 2.05) is 12.4 Å². The second-order valence-corrected chi connectivity index (χ2v) is 7.33. The van der Waals surface area contributed by atoms with Crippen LogP contribution in [-0.4, -0.2) is 29.0 Å². The van der Waals surface area contributed by atoms with Gasteiger partial charge in [0, 0.05) is 41.7 Å². The highest BCUT2D eigenvalue weighted by molar-refractivity contribution is 7.11. The lowest BCUT2D eigenvalue weighted by Crippen LogP contribution is -2.38. The van der Waals surface area contributed by atoms with Crippen LogP contribution in [0.5, 0.6) is 0 Å². The molecular formula is C15H23N5S2. The first-order valence-corrected chi connectivity index (χ1v) is 9.21. The van der Waals surface area contributed by atoms with Crippen LogP contribution >= 0.6 is 22.7 Å². The number of rotatable bonds is 7. The molecule has 0 aliphatic heterocycles. The fraction of sp³-hybridized carbons (Fsp3) is 0.533. The molecule has 2 N–H and O–H groups in total. The molecule has 2 aromatic rings. The van der Waals surface area contributed by atoms with Crippen LogP contribution in [0, 0.1) is 6.92 Å². The summed E-state index contributed by atoms with van der Waals surface area (Å²) in [5.41, 5.74) is 0. The van der Waals surface area contributed by atoms with E-state index in [2.05, 4.69) is 46.4 Å². The summed E-state index contributed by atoms with van der Waals surface area (Å²) in [7, 11) is 0. The van der Waals surface area contributed by atoms with Crippen molar-refractivity contribution in [2.45, 2.75) is 40.2 Å². The summed E-state index contributed by atoms with van der Waals surface area (Å²) < 4.78 is 0. The molecule has 0 radical (unpaired) electrons. The summed E-state index contributed by atoms with van der Waals surface area (Å²) in [6.07, 6.45) is 5.85. The molecule has 0 saturated heterocycles. The second-order valence-electron chi connectivity index (χ2n) is 4.81. The minimum absolute atomic E-state index is 0.616. The molecule has 7 heteroatoms. The Hall–Kier alpha value is -1.47. The average Bonchev–Trinajstić information content (AvgIpc) is 3.13. The van der Waals surface area contributed by atoms with Gasteiger partial charge in [0.2, 0.25) is 0 Å². The van der Waals surface area contributed by atoms with Gasteiger partial charge in [0.1, 0.15) is 5.01 Å². The van der Waals surface area contributed by atoms with E-state index in [-0.39, 0.29) is 0 Å². The molecule has 22 heavy (non-hydrogen) atoms. The molecule has 0 saturated carbocycles. The Morgan fingerprint density at radius 3 is 2.59 bits per heavy atom. The monoisotopic (exact) mass is 337 g/mol. The van der Waals surface area contributed by atoms with Crippen molar-refractivity contribution >= 4 is 28.6 Å². The van der Waals surface area contributed by atoms with Gasteiger partial charge in [-0.15, -0.1) is 22.7 Å². The van der Waals surface area contributed by atoms with Gasteiger partial charge >= 0.3 is 0 Å². The Kier molecular flexibility index (Phi) is 6.79. The standard InChI is InChI=1S/C15H23N5S2/c1-4-12-9-19-13(22-12)6-7-17-15(16-5-2)20-10-14-18-8-11(3)21-14/h8-9H,4-7,10H2,1-3H3,(H2,16,17,20). The van der Waals surface area contributed by atoms with E-state index in [0.29, 0.717) is 6.54 Å². The van der Waals surface area contributed by atoms with Gasteiger partial charge in [-0.2, -0.15) is 0 Å². The summed E-state index contributed by atoms with van der Waals surface area (Å²) in [5.74, 6) is 0.836. The zero-order valence-electron chi connectivity index (χ0n) is 13.3. The predicted molar refractivity (Wildman–Crippen MR) is 94.9 cm³/mol. The highest BCUT2D eigenvalue weighted by Crippen LogP contribution is 2.13. The van der Waals surface area contributed by atoms with E-state index in [0.717, 1.165) is 36.9 Å². The molecule has 0 aliphatic carbocycles. The number of hydrogen-bond acceptors (Lipinski definition) is 5. The van der Waals surface area contributed by atoms with Gasteiger partial charge in [-0.25, -0.2) is 15.0 Å². The molecule has 5 nitrogen and oxygen atoms in total. The Morgan fingerprint density at radius 2 is 1.95 bits per heavy atom. The number of nitrogens with one attached hydrogen (secondary N) is 2. The van der Waals surface area contributed by atoms with E-state index < -0.39 is 0 Å². The summed E-state index contributed by atoms with van der Waals surface area (Å²) in [4.78, 5) is 15.9. The molecule has 2 aromatic heterocycles. The first-order valence-electron chi connectivity index (χ1n) is 7.58. The highest BCUT2D eigenvalue weighted by Gasteiger charge is 2.03. The maximum Gasteiger partial charge on any atom is 0.191 e. The van der Waals surface area contributed by atoms with Gasteiger partial charge in [-0.05, 0) is 20.3 Å². The Bertz CT molecular complexity index is 603. The normalized spacial score (nSPS) is 11.7. The van der Waals surface area contributed by atoms with Crippen LogP contribution in [0.3, 0.4) is 0 Å². The number of aliphatic imine (C=N–C) groups is 1. The molecule has 120 valence electrons. The topological polar surface area (TPSA) is 62.2 Å². The number of guanidine groups is 1. The first-order chi connectivity index (χ1) is 10.7. The number of hydrogen-bond donors (Lipinski definition) is 2. The van der Waals surface area contributed by atoms with Crippen LogP contribution in [0.25, 0.3) is 0 Å². The molecule has 0 atom stereocenters. The Morgan fingerprint density at radius 1 is 1.14 bits per heavy atom. The van der Waals surface area contributed by atoms with Crippen LogP contribution in [0.2, 0.25) is 0 Å². The molecular weight excluding hydrogens is 314 g/mol. The van der Waals surface area contributed by atoms with E-state index in [4.69, 9.17) is 0 Å². The van der Waals surface area contributed by atoms with Crippen molar-refractivity contribution in [2.75, 3.05) is 13.1 Å². The lowest BCUT2D eigenvalue weighted by molar-refractivity contribution is 0.796. The lowest BCUT2D eigenvalue weighted by atomic mass is 10.4. The Labute approximate surface area is 139 Å². The third-order valence-corrected chi connectivity index (χ3v) is 5.07. The molecule has 0 aromatic carbocycles. The summed E-state index contributed by atoms with van der Waals surface area (Å²) in [5, 5.41) is 8.84. The fourth-order valence-electron chi connectivity index (χ4n) is 1.88. The minimum Gasteiger partial charge on any atom is -0.357 e. The fourth-order valence-corrected chi connectivity index (χ4v) is 3.45. The van der Waals surface area contributed by atoms with Crippen molar-refractivity contribution in [3.63, 3.8) is 0 Å². The van der Waals surface area contributed by atoms with Gasteiger partial charge < -0.3 is 10.6 Å². The number of aryl methyl sites for hydroxylation is 2. The van der Waals surface area contributed by atoms with Gasteiger partial charge in [0.15, 0.2) is 5.96 Å². The van der Waals surface area contributed by atoms with Gasteiger partial charge in [-0.1, -0.05) is 6.92 Å². The van der Waals surface area contributed by atoms with E-state index in [1.165, 1.54) is 14.8 Å². The average molecular weight is 338 g/mol. The molecule has 0 fully saturated rings. The lowest BCUT2D eigenvalue weighted by Gasteiger charge is -2.10. The smallest absolute Gasteiger partial charge is 0.191 e. The maximum atomic E-state index is 4.57. The summed E-state index contributed by atoms with van der Waals surface area (Å²) in [6, 6.07) is 0. The largest absolute Gasteiger partial charge is 0.357 e. The molecule has 0 spiro atoms. The second kappa shape index (κ2) is 8.85. The third-order valence-electron chi connectivity index (χ3n) is 2.97. The van der Waals surface area contributed by atoms with Gasteiger partial charge in [0.05, 0.1) is 11.6 Å². The first kappa shape index (κ1) is 16.9. The highest BCUT2D eigenvalue weighted by atomic mass is 32.1. The molecule has 0 bridgehead atoms. The molecule has 2 rings (SSSR count). The quantitative estimate of drug-likeness (QED) is 0.602. The third kappa shape index (κ3) is 5.38. The van der Waals surface area contributed by atoms with Gasteiger partial charge in [0.25, 0.3) is 0 Å². The van der Waals surface area contributed by atoms with E-state index in [9.17, 15) is 0 Å². The molecule has 0 amide bonds. The van der Waals surface area contributed by atoms with E-state index in [1.54, 1.807) is 22.7 Å². The predicted octanol–water partition coefficient (Wildman–Crippen LogP) is 2.77. The number of thiazole rings is 2. The van der Waals surface area contributed by atoms with Crippen molar-refractivity contribution in [3.8, 4) is 0 Å². The van der Waals surface area contributed by atoms with E-state index >= 15 is 0 Å². The molecule has 0 unspecified atom stereocenters. The summed E-state index contributed by atoms with van der Waals surface area (Å²) in [6.45, 7) is 8.59. The SMILES string of the molecule is CCNC(=NCc1ncc(C)s1)NCCc1ncc(CC)s1. The molecule has 0 aliphatic rings. The number of aromatic nitrogens is 2. The van der Waals surface area contributed by atoms with Crippen molar-refractivity contribution in [1.82, 2.24) is 20.6 Å². The maximum absolute atomic E-state index is 4.57. The van der Waals surface area contributed by atoms with Crippen LogP contribution in [0.1, 0.15) is 33.6 Å². The van der Waals surface area contributed by atoms with Crippen LogP contribution < -0.4 is 10.6 Å². The van der Waals surface area contributed by atoms with Crippen LogP contribution in [-0.2, 0) is 19.4 Å². The van der Waals surface area contributed by atoms with Crippen LogP contribution in [0.15, 0.2) is 17.4 Å². The zero-order chi connectivity index (χ0) is 15.8. The van der Waals surface area contributed by atoms with Crippen molar-refractivity contribution < 1.29 is 0 Å². The van der Waals surface area contributed by atoms with Crippen molar-refractivity contribution in [3.05, 3.63) is 32.2 Å². The van der Waals surface area contributed by atoms with Crippen molar-refractivity contribution in [2.24, 2.45) is 4.99 Å². The van der Waals surface area contributed by atoms with Crippen molar-refractivity contribution in [1.29, 1.82) is 0 Å².